The maximum absolute atomic E-state index is 2.37. The third kappa shape index (κ3) is 5.08. The van der Waals surface area contributed by atoms with E-state index in [0.717, 1.165) is 0 Å². The summed E-state index contributed by atoms with van der Waals surface area (Å²) in [7, 11) is 0. The molecule has 52 heavy (non-hydrogen) atoms. The van der Waals surface area contributed by atoms with E-state index in [1.54, 1.807) is 0 Å². The highest BCUT2D eigenvalue weighted by Crippen LogP contribution is 2.45. The van der Waals surface area contributed by atoms with Gasteiger partial charge in [-0.3, -0.25) is 0 Å². The highest BCUT2D eigenvalue weighted by Gasteiger charge is 2.18. The molecule has 0 nitrogen and oxygen atoms in total. The third-order valence-electron chi connectivity index (χ3n) is 10.6. The fourth-order valence-corrected chi connectivity index (χ4v) is 8.27. The molecule has 0 fully saturated rings. The Morgan fingerprint density at radius 3 is 0.923 bits per heavy atom. The van der Waals surface area contributed by atoms with Gasteiger partial charge in [0.05, 0.1) is 0 Å². The number of rotatable bonds is 5. The van der Waals surface area contributed by atoms with Crippen molar-refractivity contribution in [3.8, 4) is 55.6 Å². The van der Waals surface area contributed by atoms with Gasteiger partial charge >= 0.3 is 0 Å². The first-order chi connectivity index (χ1) is 25.8. The van der Waals surface area contributed by atoms with Gasteiger partial charge < -0.3 is 0 Å². The van der Waals surface area contributed by atoms with Crippen LogP contribution in [0.5, 0.6) is 0 Å². The molecule has 10 aromatic rings. The van der Waals surface area contributed by atoms with Crippen LogP contribution in [0.1, 0.15) is 0 Å². The van der Waals surface area contributed by atoms with E-state index >= 15 is 0 Å². The van der Waals surface area contributed by atoms with Crippen molar-refractivity contribution in [3.05, 3.63) is 206 Å². The van der Waals surface area contributed by atoms with E-state index in [0.29, 0.717) is 0 Å². The Balaban J connectivity index is 1.14. The zero-order valence-electron chi connectivity index (χ0n) is 28.6. The Morgan fingerprint density at radius 1 is 0.192 bits per heavy atom. The zero-order chi connectivity index (χ0) is 34.4. The molecule has 0 spiro atoms. The SMILES string of the molecule is c1cc(-c2cccc(-c3c4ccccc4c(-c4cccc(-c5cccc6ccccc56)c4)c4ccccc34)c2)cc(-c2cccc3ccccc23)c1. The highest BCUT2D eigenvalue weighted by atomic mass is 14.2. The lowest BCUT2D eigenvalue weighted by Gasteiger charge is -2.19. The Bertz CT molecular complexity index is 2900. The third-order valence-corrected chi connectivity index (χ3v) is 10.6. The van der Waals surface area contributed by atoms with Gasteiger partial charge in [0.15, 0.2) is 0 Å². The molecule has 0 unspecified atom stereocenters. The normalized spacial score (nSPS) is 11.5. The van der Waals surface area contributed by atoms with Crippen LogP contribution >= 0.6 is 0 Å². The van der Waals surface area contributed by atoms with E-state index in [2.05, 4.69) is 206 Å². The first-order valence-corrected chi connectivity index (χ1v) is 18.0. The van der Waals surface area contributed by atoms with Crippen LogP contribution in [0.2, 0.25) is 0 Å². The van der Waals surface area contributed by atoms with Crippen molar-refractivity contribution in [2.45, 2.75) is 0 Å². The number of benzene rings is 10. The maximum atomic E-state index is 2.37. The van der Waals surface area contributed by atoms with Gasteiger partial charge in [-0.05, 0) is 117 Å². The van der Waals surface area contributed by atoms with Crippen molar-refractivity contribution in [3.63, 3.8) is 0 Å². The summed E-state index contributed by atoms with van der Waals surface area (Å²) >= 11 is 0. The molecule has 0 aliphatic carbocycles. The van der Waals surface area contributed by atoms with Crippen molar-refractivity contribution in [2.75, 3.05) is 0 Å². The number of fused-ring (bicyclic) bond motifs is 4. The minimum atomic E-state index is 1.21. The van der Waals surface area contributed by atoms with Gasteiger partial charge in [0.2, 0.25) is 0 Å². The van der Waals surface area contributed by atoms with Gasteiger partial charge in [0.1, 0.15) is 0 Å². The molecule has 0 atom stereocenters. The largest absolute Gasteiger partial charge is 0.0616 e. The molecule has 0 saturated heterocycles. The van der Waals surface area contributed by atoms with E-state index in [1.807, 2.05) is 0 Å². The molecule has 242 valence electrons. The lowest BCUT2D eigenvalue weighted by molar-refractivity contribution is 1.59. The molecule has 10 rings (SSSR count). The van der Waals surface area contributed by atoms with Gasteiger partial charge in [-0.1, -0.05) is 188 Å². The molecule has 10 aromatic carbocycles. The molecule has 0 aromatic heterocycles. The first kappa shape index (κ1) is 30.1. The zero-order valence-corrected chi connectivity index (χ0v) is 28.6. The van der Waals surface area contributed by atoms with E-state index in [1.165, 1.54) is 98.7 Å². The Morgan fingerprint density at radius 2 is 0.481 bits per heavy atom. The van der Waals surface area contributed by atoms with Crippen LogP contribution < -0.4 is 0 Å². The minimum Gasteiger partial charge on any atom is -0.0616 e. The number of hydrogen-bond acceptors (Lipinski definition) is 0. The molecule has 0 amide bonds. The Labute approximate surface area is 303 Å². The van der Waals surface area contributed by atoms with Crippen LogP contribution in [0.4, 0.5) is 0 Å². The summed E-state index contributed by atoms with van der Waals surface area (Å²) in [6, 6.07) is 75.5. The Hall–Kier alpha value is -6.76. The molecule has 0 saturated carbocycles. The van der Waals surface area contributed by atoms with Crippen molar-refractivity contribution < 1.29 is 0 Å². The second kappa shape index (κ2) is 12.5. The van der Waals surface area contributed by atoms with Crippen LogP contribution in [0.25, 0.3) is 98.7 Å². The van der Waals surface area contributed by atoms with E-state index in [9.17, 15) is 0 Å². The Kier molecular flexibility index (Phi) is 7.25. The summed E-state index contributed by atoms with van der Waals surface area (Å²) in [6.07, 6.45) is 0. The van der Waals surface area contributed by atoms with Crippen LogP contribution in [-0.2, 0) is 0 Å². The van der Waals surface area contributed by atoms with Gasteiger partial charge in [-0.15, -0.1) is 0 Å². The van der Waals surface area contributed by atoms with E-state index in [-0.39, 0.29) is 0 Å². The minimum absolute atomic E-state index is 1.21. The van der Waals surface area contributed by atoms with Gasteiger partial charge in [-0.2, -0.15) is 0 Å². The fraction of sp³-hybridized carbons (Fsp3) is 0. The summed E-state index contributed by atoms with van der Waals surface area (Å²) in [6.45, 7) is 0. The molecule has 0 heteroatoms. The predicted octanol–water partition coefficient (Wildman–Crippen LogP) is 14.6. The summed E-state index contributed by atoms with van der Waals surface area (Å²) in [5.41, 5.74) is 12.4. The standard InChI is InChI=1S/C52H34/c1-3-24-43-35(14-1)16-12-30-45(43)39-20-9-18-37(32-39)38-19-10-22-41(33-38)51-47-26-5-7-28-49(47)52(50-29-8-6-27-48(50)51)42-23-11-21-40(34-42)46-31-13-17-36-15-2-4-25-44(36)46/h1-34H. The molecule has 0 heterocycles. The van der Waals surface area contributed by atoms with Crippen LogP contribution in [0, 0.1) is 0 Å². The van der Waals surface area contributed by atoms with Crippen molar-refractivity contribution >= 4 is 43.1 Å². The van der Waals surface area contributed by atoms with Crippen molar-refractivity contribution in [1.82, 2.24) is 0 Å². The summed E-state index contributed by atoms with van der Waals surface area (Å²) in [4.78, 5) is 0. The maximum Gasteiger partial charge on any atom is -0.00262 e. The molecular weight excluding hydrogens is 625 g/mol. The molecule has 0 bridgehead atoms. The average molecular weight is 659 g/mol. The lowest BCUT2D eigenvalue weighted by atomic mass is 9.84. The van der Waals surface area contributed by atoms with Crippen LogP contribution in [-0.4, -0.2) is 0 Å². The number of hydrogen-bond donors (Lipinski definition) is 0. The second-order valence-electron chi connectivity index (χ2n) is 13.6. The summed E-state index contributed by atoms with van der Waals surface area (Å²) < 4.78 is 0. The van der Waals surface area contributed by atoms with Crippen LogP contribution in [0.15, 0.2) is 206 Å². The highest BCUT2D eigenvalue weighted by molar-refractivity contribution is 6.21. The molecule has 0 radical (unpaired) electrons. The molecule has 0 N–H and O–H groups in total. The topological polar surface area (TPSA) is 0 Å². The molecule has 0 aliphatic rings. The molecular formula is C52H34. The first-order valence-electron chi connectivity index (χ1n) is 18.0. The smallest absolute Gasteiger partial charge is 0.00262 e. The summed E-state index contributed by atoms with van der Waals surface area (Å²) in [5, 5.41) is 10.1. The van der Waals surface area contributed by atoms with E-state index in [4.69, 9.17) is 0 Å². The second-order valence-corrected chi connectivity index (χ2v) is 13.6. The van der Waals surface area contributed by atoms with Crippen molar-refractivity contribution in [1.29, 1.82) is 0 Å². The van der Waals surface area contributed by atoms with Crippen LogP contribution in [0.3, 0.4) is 0 Å². The quantitative estimate of drug-likeness (QED) is 0.161. The predicted molar refractivity (Wildman–Crippen MR) is 224 cm³/mol. The van der Waals surface area contributed by atoms with Gasteiger partial charge in [-0.25, -0.2) is 0 Å². The van der Waals surface area contributed by atoms with Crippen molar-refractivity contribution in [2.24, 2.45) is 0 Å². The van der Waals surface area contributed by atoms with Gasteiger partial charge in [0, 0.05) is 0 Å². The fourth-order valence-electron chi connectivity index (χ4n) is 8.27. The lowest BCUT2D eigenvalue weighted by Crippen LogP contribution is -1.92. The van der Waals surface area contributed by atoms with Gasteiger partial charge in [0.25, 0.3) is 0 Å². The molecule has 0 aliphatic heterocycles. The average Bonchev–Trinajstić information content (AvgIpc) is 3.22. The van der Waals surface area contributed by atoms with E-state index < -0.39 is 0 Å². The summed E-state index contributed by atoms with van der Waals surface area (Å²) in [5.74, 6) is 0. The monoisotopic (exact) mass is 658 g/mol.